The number of anilines is 1. The number of aromatic nitrogens is 1. The van der Waals surface area contributed by atoms with Crippen LogP contribution in [0.1, 0.15) is 32.4 Å². The van der Waals surface area contributed by atoms with E-state index in [0.29, 0.717) is 5.82 Å². The van der Waals surface area contributed by atoms with Crippen LogP contribution >= 0.6 is 12.4 Å². The highest BCUT2D eigenvalue weighted by Gasteiger charge is 2.23. The first-order valence-corrected chi connectivity index (χ1v) is 4.39. The van der Waals surface area contributed by atoms with Crippen molar-refractivity contribution in [1.82, 2.24) is 4.98 Å². The summed E-state index contributed by atoms with van der Waals surface area (Å²) in [6, 6.07) is 3.72. The number of halogens is 1. The number of rotatable bonds is 1. The second-order valence-electron chi connectivity index (χ2n) is 4.32. The molecule has 1 heterocycles. The average Bonchev–Trinajstić information content (AvgIpc) is 2.02. The van der Waals surface area contributed by atoms with Crippen LogP contribution in [-0.4, -0.2) is 4.98 Å². The SMILES string of the molecule is CC(C)(C)[C@@H](N)c1cccnc1N.Cl. The third kappa shape index (κ3) is 2.86. The summed E-state index contributed by atoms with van der Waals surface area (Å²) in [6.45, 7) is 6.26. The van der Waals surface area contributed by atoms with E-state index in [2.05, 4.69) is 25.8 Å². The van der Waals surface area contributed by atoms with E-state index in [1.54, 1.807) is 6.20 Å². The maximum Gasteiger partial charge on any atom is 0.128 e. The first kappa shape index (κ1) is 13.2. The lowest BCUT2D eigenvalue weighted by Crippen LogP contribution is -2.27. The standard InChI is InChI=1S/C10H17N3.ClH/c1-10(2,3)8(11)7-5-4-6-13-9(7)12;/h4-6,8H,11H2,1-3H3,(H2,12,13);1H/t8-;/m0./s1. The predicted octanol–water partition coefficient (Wildman–Crippen LogP) is 2.13. The molecule has 0 amide bonds. The summed E-state index contributed by atoms with van der Waals surface area (Å²) in [7, 11) is 0. The van der Waals surface area contributed by atoms with Gasteiger partial charge in [-0.15, -0.1) is 12.4 Å². The number of nitrogen functional groups attached to an aromatic ring is 1. The molecule has 1 aromatic rings. The molecule has 1 atom stereocenters. The van der Waals surface area contributed by atoms with E-state index in [0.717, 1.165) is 5.56 Å². The first-order valence-electron chi connectivity index (χ1n) is 4.39. The van der Waals surface area contributed by atoms with Crippen molar-refractivity contribution >= 4 is 18.2 Å². The van der Waals surface area contributed by atoms with E-state index in [1.165, 1.54) is 0 Å². The molecule has 0 bridgehead atoms. The second kappa shape index (κ2) is 4.62. The highest BCUT2D eigenvalue weighted by Crippen LogP contribution is 2.32. The minimum Gasteiger partial charge on any atom is -0.383 e. The van der Waals surface area contributed by atoms with Gasteiger partial charge in [-0.05, 0) is 11.5 Å². The summed E-state index contributed by atoms with van der Waals surface area (Å²) in [5, 5.41) is 0. The van der Waals surface area contributed by atoms with Crippen molar-refractivity contribution in [1.29, 1.82) is 0 Å². The second-order valence-corrected chi connectivity index (χ2v) is 4.32. The zero-order chi connectivity index (χ0) is 10.1. The molecule has 0 aliphatic heterocycles. The molecule has 0 saturated heterocycles. The molecule has 0 unspecified atom stereocenters. The lowest BCUT2D eigenvalue weighted by atomic mass is 9.83. The van der Waals surface area contributed by atoms with E-state index in [9.17, 15) is 0 Å². The van der Waals surface area contributed by atoms with Gasteiger partial charge in [-0.2, -0.15) is 0 Å². The summed E-state index contributed by atoms with van der Waals surface area (Å²) < 4.78 is 0. The lowest BCUT2D eigenvalue weighted by molar-refractivity contribution is 0.327. The third-order valence-corrected chi connectivity index (χ3v) is 2.14. The summed E-state index contributed by atoms with van der Waals surface area (Å²) in [4.78, 5) is 4.01. The summed E-state index contributed by atoms with van der Waals surface area (Å²) in [6.07, 6.45) is 1.67. The maximum atomic E-state index is 6.05. The fourth-order valence-electron chi connectivity index (χ4n) is 1.16. The predicted molar refractivity (Wildman–Crippen MR) is 62.3 cm³/mol. The van der Waals surface area contributed by atoms with E-state index in [4.69, 9.17) is 11.5 Å². The first-order chi connectivity index (χ1) is 5.93. The van der Waals surface area contributed by atoms with Crippen molar-refractivity contribution in [3.63, 3.8) is 0 Å². The molecule has 1 aromatic heterocycles. The van der Waals surface area contributed by atoms with Gasteiger partial charge in [0.05, 0.1) is 0 Å². The average molecular weight is 216 g/mol. The fourth-order valence-corrected chi connectivity index (χ4v) is 1.16. The Morgan fingerprint density at radius 1 is 1.36 bits per heavy atom. The molecular formula is C10H18ClN3. The van der Waals surface area contributed by atoms with Gasteiger partial charge < -0.3 is 11.5 Å². The number of nitrogens with two attached hydrogens (primary N) is 2. The smallest absolute Gasteiger partial charge is 0.128 e. The monoisotopic (exact) mass is 215 g/mol. The molecule has 14 heavy (non-hydrogen) atoms. The van der Waals surface area contributed by atoms with Crippen LogP contribution < -0.4 is 11.5 Å². The summed E-state index contributed by atoms with van der Waals surface area (Å²) in [5.74, 6) is 0.532. The summed E-state index contributed by atoms with van der Waals surface area (Å²) in [5.41, 5.74) is 12.7. The van der Waals surface area contributed by atoms with Gasteiger partial charge in [-0.3, -0.25) is 0 Å². The Hall–Kier alpha value is -0.800. The van der Waals surface area contributed by atoms with Gasteiger partial charge in [0, 0.05) is 17.8 Å². The van der Waals surface area contributed by atoms with E-state index >= 15 is 0 Å². The number of nitrogens with zero attached hydrogens (tertiary/aromatic N) is 1. The van der Waals surface area contributed by atoms with Crippen LogP contribution in [0.5, 0.6) is 0 Å². The number of hydrogen-bond acceptors (Lipinski definition) is 3. The largest absolute Gasteiger partial charge is 0.383 e. The third-order valence-electron chi connectivity index (χ3n) is 2.14. The molecule has 0 aromatic carbocycles. The van der Waals surface area contributed by atoms with Crippen molar-refractivity contribution in [3.8, 4) is 0 Å². The molecule has 3 nitrogen and oxygen atoms in total. The normalized spacial score (nSPS) is 13.1. The molecule has 0 spiro atoms. The van der Waals surface area contributed by atoms with E-state index in [1.807, 2.05) is 12.1 Å². The van der Waals surface area contributed by atoms with E-state index in [-0.39, 0.29) is 23.9 Å². The molecular weight excluding hydrogens is 198 g/mol. The maximum absolute atomic E-state index is 6.05. The quantitative estimate of drug-likeness (QED) is 0.755. The molecule has 0 radical (unpaired) electrons. The Morgan fingerprint density at radius 3 is 2.36 bits per heavy atom. The van der Waals surface area contributed by atoms with Crippen molar-refractivity contribution < 1.29 is 0 Å². The van der Waals surface area contributed by atoms with Gasteiger partial charge in [0.15, 0.2) is 0 Å². The topological polar surface area (TPSA) is 64.9 Å². The van der Waals surface area contributed by atoms with Crippen molar-refractivity contribution in [3.05, 3.63) is 23.9 Å². The van der Waals surface area contributed by atoms with Crippen LogP contribution in [0.15, 0.2) is 18.3 Å². The molecule has 0 fully saturated rings. The van der Waals surface area contributed by atoms with Crippen LogP contribution in [0.25, 0.3) is 0 Å². The van der Waals surface area contributed by atoms with Crippen molar-refractivity contribution in [2.24, 2.45) is 11.1 Å². The van der Waals surface area contributed by atoms with E-state index < -0.39 is 0 Å². The van der Waals surface area contributed by atoms with Gasteiger partial charge in [-0.1, -0.05) is 26.8 Å². The molecule has 1 rings (SSSR count). The lowest BCUT2D eigenvalue weighted by Gasteiger charge is -2.27. The molecule has 80 valence electrons. The minimum absolute atomic E-state index is 0. The highest BCUT2D eigenvalue weighted by molar-refractivity contribution is 5.85. The molecule has 4 N–H and O–H groups in total. The van der Waals surface area contributed by atoms with Gasteiger partial charge in [-0.25, -0.2) is 4.98 Å². The van der Waals surface area contributed by atoms with Crippen LogP contribution in [0.3, 0.4) is 0 Å². The Morgan fingerprint density at radius 2 is 1.93 bits per heavy atom. The Balaban J connectivity index is 0.00000169. The summed E-state index contributed by atoms with van der Waals surface area (Å²) >= 11 is 0. The zero-order valence-corrected chi connectivity index (χ0v) is 9.64. The van der Waals surface area contributed by atoms with Crippen LogP contribution in [0.4, 0.5) is 5.82 Å². The molecule has 0 aliphatic rings. The highest BCUT2D eigenvalue weighted by atomic mass is 35.5. The minimum atomic E-state index is -0.0683. The van der Waals surface area contributed by atoms with Crippen molar-refractivity contribution in [2.45, 2.75) is 26.8 Å². The molecule has 0 saturated carbocycles. The van der Waals surface area contributed by atoms with Gasteiger partial charge in [0.2, 0.25) is 0 Å². The van der Waals surface area contributed by atoms with Crippen molar-refractivity contribution in [2.75, 3.05) is 5.73 Å². The Bertz CT molecular complexity index is 294. The molecule has 0 aliphatic carbocycles. The number of pyridine rings is 1. The van der Waals surface area contributed by atoms with Gasteiger partial charge in [0.25, 0.3) is 0 Å². The van der Waals surface area contributed by atoms with Crippen LogP contribution in [0, 0.1) is 5.41 Å². The molecule has 4 heteroatoms. The van der Waals surface area contributed by atoms with Gasteiger partial charge >= 0.3 is 0 Å². The van der Waals surface area contributed by atoms with Crippen LogP contribution in [-0.2, 0) is 0 Å². The zero-order valence-electron chi connectivity index (χ0n) is 8.82. The Labute approximate surface area is 91.3 Å². The van der Waals surface area contributed by atoms with Gasteiger partial charge in [0.1, 0.15) is 5.82 Å². The Kier molecular flexibility index (Phi) is 4.36. The fraction of sp³-hybridized carbons (Fsp3) is 0.500. The van der Waals surface area contributed by atoms with Crippen LogP contribution in [0.2, 0.25) is 0 Å². The number of hydrogen-bond donors (Lipinski definition) is 2.